The molecule has 2 N–H and O–H groups in total. The molecule has 0 aliphatic heterocycles. The first kappa shape index (κ1) is 16.5. The highest BCUT2D eigenvalue weighted by Gasteiger charge is 2.15. The highest BCUT2D eigenvalue weighted by Crippen LogP contribution is 2.25. The van der Waals surface area contributed by atoms with E-state index in [9.17, 15) is 4.79 Å². The lowest BCUT2D eigenvalue weighted by Crippen LogP contribution is -2.35. The summed E-state index contributed by atoms with van der Waals surface area (Å²) in [5, 5.41) is 12.4. The van der Waals surface area contributed by atoms with E-state index in [1.54, 1.807) is 12.1 Å². The fourth-order valence-electron chi connectivity index (χ4n) is 2.31. The molecule has 22 heavy (non-hydrogen) atoms. The van der Waals surface area contributed by atoms with Crippen LogP contribution in [0.5, 0.6) is 0 Å². The third-order valence-electron chi connectivity index (χ3n) is 3.62. The lowest BCUT2D eigenvalue weighted by molar-refractivity contribution is 0.0929. The zero-order valence-corrected chi connectivity index (χ0v) is 13.3. The normalized spacial score (nSPS) is 12.0. The van der Waals surface area contributed by atoms with E-state index in [0.29, 0.717) is 17.0 Å². The van der Waals surface area contributed by atoms with E-state index < -0.39 is 0 Å². The Morgan fingerprint density at radius 1 is 1.18 bits per heavy atom. The molecule has 0 aliphatic rings. The number of aliphatic hydroxyl groups is 1. The predicted molar refractivity (Wildman–Crippen MR) is 90.1 cm³/mol. The van der Waals surface area contributed by atoms with Crippen LogP contribution < -0.4 is 5.32 Å². The molecule has 0 bridgehead atoms. The molecule has 3 nitrogen and oxygen atoms in total. The fourth-order valence-corrected chi connectivity index (χ4v) is 2.51. The number of carbonyl (C=O) groups is 1. The molecule has 0 saturated heterocycles. The van der Waals surface area contributed by atoms with E-state index in [4.69, 9.17) is 16.7 Å². The minimum Gasteiger partial charge on any atom is -0.396 e. The number of rotatable bonds is 6. The first-order valence-corrected chi connectivity index (χ1v) is 7.80. The van der Waals surface area contributed by atoms with Crippen LogP contribution in [-0.2, 0) is 0 Å². The Labute approximate surface area is 135 Å². The Hall–Kier alpha value is -1.84. The van der Waals surface area contributed by atoms with Gasteiger partial charge >= 0.3 is 0 Å². The maximum absolute atomic E-state index is 12.4. The number of benzene rings is 2. The molecule has 0 aliphatic carbocycles. The van der Waals surface area contributed by atoms with Crippen LogP contribution in [0.3, 0.4) is 0 Å². The Kier molecular flexibility index (Phi) is 5.99. The van der Waals surface area contributed by atoms with Crippen molar-refractivity contribution in [2.75, 3.05) is 6.61 Å². The van der Waals surface area contributed by atoms with E-state index in [1.807, 2.05) is 43.3 Å². The van der Waals surface area contributed by atoms with Gasteiger partial charge in [-0.3, -0.25) is 4.79 Å². The van der Waals surface area contributed by atoms with Crippen molar-refractivity contribution in [1.29, 1.82) is 0 Å². The van der Waals surface area contributed by atoms with Crippen molar-refractivity contribution >= 4 is 17.5 Å². The molecule has 1 atom stereocenters. The van der Waals surface area contributed by atoms with Crippen LogP contribution in [0.25, 0.3) is 11.1 Å². The number of nitrogens with one attached hydrogen (secondary N) is 1. The molecule has 2 aromatic carbocycles. The highest BCUT2D eigenvalue weighted by atomic mass is 35.5. The van der Waals surface area contributed by atoms with Gasteiger partial charge in [0, 0.05) is 12.6 Å². The standard InChI is InChI=1S/C18H20ClNO2/c1-2-15(10-11-21)20-18(22)16-12-14(8-9-17(16)19)13-6-4-3-5-7-13/h3-9,12,15,21H,2,10-11H2,1H3,(H,20,22). The summed E-state index contributed by atoms with van der Waals surface area (Å²) in [4.78, 5) is 12.4. The van der Waals surface area contributed by atoms with Gasteiger partial charge in [-0.1, -0.05) is 54.9 Å². The maximum atomic E-state index is 12.4. The zero-order chi connectivity index (χ0) is 15.9. The smallest absolute Gasteiger partial charge is 0.253 e. The minimum absolute atomic E-state index is 0.0473. The number of hydrogen-bond donors (Lipinski definition) is 2. The van der Waals surface area contributed by atoms with Gasteiger partial charge in [-0.25, -0.2) is 0 Å². The van der Waals surface area contributed by atoms with Crippen molar-refractivity contribution < 1.29 is 9.90 Å². The SMILES string of the molecule is CCC(CCO)NC(=O)c1cc(-c2ccccc2)ccc1Cl. The van der Waals surface area contributed by atoms with E-state index in [-0.39, 0.29) is 18.6 Å². The fraction of sp³-hybridized carbons (Fsp3) is 0.278. The van der Waals surface area contributed by atoms with Crippen molar-refractivity contribution in [3.05, 3.63) is 59.1 Å². The van der Waals surface area contributed by atoms with Crippen molar-refractivity contribution in [2.24, 2.45) is 0 Å². The monoisotopic (exact) mass is 317 g/mol. The Morgan fingerprint density at radius 2 is 1.91 bits per heavy atom. The maximum Gasteiger partial charge on any atom is 0.253 e. The number of carbonyl (C=O) groups excluding carboxylic acids is 1. The number of amides is 1. The first-order valence-electron chi connectivity index (χ1n) is 7.42. The van der Waals surface area contributed by atoms with Crippen LogP contribution in [0.4, 0.5) is 0 Å². The van der Waals surface area contributed by atoms with Crippen molar-refractivity contribution in [1.82, 2.24) is 5.32 Å². The van der Waals surface area contributed by atoms with Gasteiger partial charge < -0.3 is 10.4 Å². The summed E-state index contributed by atoms with van der Waals surface area (Å²) >= 11 is 6.17. The third kappa shape index (κ3) is 4.09. The summed E-state index contributed by atoms with van der Waals surface area (Å²) in [5.41, 5.74) is 2.44. The lowest BCUT2D eigenvalue weighted by atomic mass is 10.0. The molecule has 0 radical (unpaired) electrons. The van der Waals surface area contributed by atoms with E-state index in [2.05, 4.69) is 5.32 Å². The molecule has 0 fully saturated rings. The molecule has 4 heteroatoms. The van der Waals surface area contributed by atoms with Crippen LogP contribution in [0.1, 0.15) is 30.1 Å². The van der Waals surface area contributed by atoms with Crippen LogP contribution in [0.15, 0.2) is 48.5 Å². The van der Waals surface area contributed by atoms with Gasteiger partial charge in [0.25, 0.3) is 5.91 Å². The van der Waals surface area contributed by atoms with Crippen molar-refractivity contribution in [3.8, 4) is 11.1 Å². The molecule has 0 aromatic heterocycles. The van der Waals surface area contributed by atoms with Gasteiger partial charge in [0.15, 0.2) is 0 Å². The summed E-state index contributed by atoms with van der Waals surface area (Å²) in [6.07, 6.45) is 1.31. The lowest BCUT2D eigenvalue weighted by Gasteiger charge is -2.16. The molecular weight excluding hydrogens is 298 g/mol. The van der Waals surface area contributed by atoms with Gasteiger partial charge in [-0.2, -0.15) is 0 Å². The molecule has 0 spiro atoms. The number of hydrogen-bond acceptors (Lipinski definition) is 2. The largest absolute Gasteiger partial charge is 0.396 e. The summed E-state index contributed by atoms with van der Waals surface area (Å²) in [5.74, 6) is -0.205. The van der Waals surface area contributed by atoms with Crippen LogP contribution >= 0.6 is 11.6 Å². The van der Waals surface area contributed by atoms with Gasteiger partial charge in [-0.15, -0.1) is 0 Å². The van der Waals surface area contributed by atoms with Crippen LogP contribution in [0.2, 0.25) is 5.02 Å². The van der Waals surface area contributed by atoms with E-state index in [1.165, 1.54) is 0 Å². The molecule has 2 aromatic rings. The first-order chi connectivity index (χ1) is 10.7. The summed E-state index contributed by atoms with van der Waals surface area (Å²) in [7, 11) is 0. The van der Waals surface area contributed by atoms with Crippen molar-refractivity contribution in [2.45, 2.75) is 25.8 Å². The summed E-state index contributed by atoms with van der Waals surface area (Å²) in [6.45, 7) is 2.03. The Bertz CT molecular complexity index is 628. The van der Waals surface area contributed by atoms with Gasteiger partial charge in [0.05, 0.1) is 10.6 Å². The molecule has 1 amide bonds. The second-order valence-corrected chi connectivity index (χ2v) is 5.56. The van der Waals surface area contributed by atoms with E-state index in [0.717, 1.165) is 17.5 Å². The van der Waals surface area contributed by atoms with Gasteiger partial charge in [-0.05, 0) is 36.1 Å². The summed E-state index contributed by atoms with van der Waals surface area (Å²) < 4.78 is 0. The van der Waals surface area contributed by atoms with Gasteiger partial charge in [0.1, 0.15) is 0 Å². The molecule has 1 unspecified atom stereocenters. The van der Waals surface area contributed by atoms with Crippen molar-refractivity contribution in [3.63, 3.8) is 0 Å². The number of halogens is 1. The Balaban J connectivity index is 2.25. The van der Waals surface area contributed by atoms with Gasteiger partial charge in [0.2, 0.25) is 0 Å². The highest BCUT2D eigenvalue weighted by molar-refractivity contribution is 6.34. The Morgan fingerprint density at radius 3 is 2.55 bits per heavy atom. The quantitative estimate of drug-likeness (QED) is 0.849. The second-order valence-electron chi connectivity index (χ2n) is 5.15. The summed E-state index contributed by atoms with van der Waals surface area (Å²) in [6, 6.07) is 15.2. The molecule has 0 saturated carbocycles. The molecule has 2 rings (SSSR count). The predicted octanol–water partition coefficient (Wildman–Crippen LogP) is 3.90. The topological polar surface area (TPSA) is 49.3 Å². The average Bonchev–Trinajstić information content (AvgIpc) is 2.55. The average molecular weight is 318 g/mol. The second kappa shape index (κ2) is 7.97. The zero-order valence-electron chi connectivity index (χ0n) is 12.6. The molecular formula is C18H20ClNO2. The molecule has 0 heterocycles. The third-order valence-corrected chi connectivity index (χ3v) is 3.95. The molecule has 116 valence electrons. The van der Waals surface area contributed by atoms with Crippen LogP contribution in [0, 0.1) is 0 Å². The van der Waals surface area contributed by atoms with Crippen LogP contribution in [-0.4, -0.2) is 23.7 Å². The minimum atomic E-state index is -0.205. The van der Waals surface area contributed by atoms with E-state index >= 15 is 0 Å². The number of aliphatic hydroxyl groups excluding tert-OH is 1.